The molecule has 0 radical (unpaired) electrons. The molecule has 7 heteroatoms. The number of nitriles is 1. The van der Waals surface area contributed by atoms with E-state index in [1.165, 1.54) is 0 Å². The molecule has 0 aliphatic rings. The van der Waals surface area contributed by atoms with Gasteiger partial charge in [0.25, 0.3) is 12.3 Å². The lowest BCUT2D eigenvalue weighted by Gasteiger charge is -2.05. The molecule has 78 valence electrons. The summed E-state index contributed by atoms with van der Waals surface area (Å²) in [4.78, 5) is 14.2. The minimum Gasteiger partial charge on any atom is -0.366 e. The predicted molar refractivity (Wildman–Crippen MR) is 47.4 cm³/mol. The maximum Gasteiger partial charge on any atom is 0.266 e. The lowest BCUT2D eigenvalue weighted by atomic mass is 10.1. The molecular formula is C8H4ClF2N3O. The summed E-state index contributed by atoms with van der Waals surface area (Å²) >= 11 is 5.39. The molecule has 0 saturated carbocycles. The monoisotopic (exact) mass is 231 g/mol. The summed E-state index contributed by atoms with van der Waals surface area (Å²) in [6, 6.07) is 2.32. The van der Waals surface area contributed by atoms with Crippen molar-refractivity contribution >= 4 is 17.5 Å². The molecule has 0 aromatic carbocycles. The highest BCUT2D eigenvalue weighted by Crippen LogP contribution is 2.27. The van der Waals surface area contributed by atoms with Gasteiger partial charge in [-0.1, -0.05) is 11.6 Å². The zero-order valence-corrected chi connectivity index (χ0v) is 7.92. The van der Waals surface area contributed by atoms with Crippen molar-refractivity contribution in [1.29, 1.82) is 5.26 Å². The Kier molecular flexibility index (Phi) is 3.17. The van der Waals surface area contributed by atoms with E-state index in [-0.39, 0.29) is 11.3 Å². The van der Waals surface area contributed by atoms with E-state index in [1.807, 2.05) is 0 Å². The summed E-state index contributed by atoms with van der Waals surface area (Å²) in [6.45, 7) is 0. The van der Waals surface area contributed by atoms with E-state index in [9.17, 15) is 13.6 Å². The number of nitrogens with zero attached hydrogens (tertiary/aromatic N) is 2. The molecular weight excluding hydrogens is 228 g/mol. The lowest BCUT2D eigenvalue weighted by molar-refractivity contribution is 0.0999. The fourth-order valence-corrected chi connectivity index (χ4v) is 1.15. The Morgan fingerprint density at radius 3 is 2.67 bits per heavy atom. The van der Waals surface area contributed by atoms with Gasteiger partial charge in [0.15, 0.2) is 5.69 Å². The summed E-state index contributed by atoms with van der Waals surface area (Å²) in [7, 11) is 0. The number of primary amides is 1. The summed E-state index contributed by atoms with van der Waals surface area (Å²) in [5, 5.41) is 8.05. The first-order valence-corrected chi connectivity index (χ1v) is 4.03. The van der Waals surface area contributed by atoms with Gasteiger partial charge in [-0.25, -0.2) is 13.8 Å². The van der Waals surface area contributed by atoms with Gasteiger partial charge in [-0.05, 0) is 6.07 Å². The molecule has 0 aliphatic carbocycles. The molecule has 0 aliphatic heterocycles. The van der Waals surface area contributed by atoms with Gasteiger partial charge in [-0.15, -0.1) is 0 Å². The van der Waals surface area contributed by atoms with Crippen LogP contribution >= 0.6 is 11.6 Å². The SMILES string of the molecule is N#Cc1nc(Cl)c(C(F)F)cc1C(N)=O. The van der Waals surface area contributed by atoms with Crippen LogP contribution in [0.1, 0.15) is 28.0 Å². The number of carbonyl (C=O) groups is 1. The van der Waals surface area contributed by atoms with Gasteiger partial charge in [0.2, 0.25) is 0 Å². The topological polar surface area (TPSA) is 79.8 Å². The molecule has 0 unspecified atom stereocenters. The van der Waals surface area contributed by atoms with Crippen LogP contribution in [-0.2, 0) is 0 Å². The highest BCUT2D eigenvalue weighted by Gasteiger charge is 2.19. The van der Waals surface area contributed by atoms with Crippen LogP contribution in [0.15, 0.2) is 6.07 Å². The molecule has 0 atom stereocenters. The van der Waals surface area contributed by atoms with E-state index < -0.39 is 23.0 Å². The van der Waals surface area contributed by atoms with E-state index in [0.717, 1.165) is 6.07 Å². The van der Waals surface area contributed by atoms with Gasteiger partial charge in [-0.2, -0.15) is 5.26 Å². The van der Waals surface area contributed by atoms with Gasteiger partial charge >= 0.3 is 0 Å². The van der Waals surface area contributed by atoms with Crippen LogP contribution in [0, 0.1) is 11.3 Å². The molecule has 1 rings (SSSR count). The van der Waals surface area contributed by atoms with Crippen LogP contribution in [0.2, 0.25) is 5.15 Å². The van der Waals surface area contributed by atoms with Gasteiger partial charge in [0, 0.05) is 0 Å². The van der Waals surface area contributed by atoms with Gasteiger partial charge in [-0.3, -0.25) is 4.79 Å². The van der Waals surface area contributed by atoms with Crippen molar-refractivity contribution in [3.8, 4) is 6.07 Å². The van der Waals surface area contributed by atoms with E-state index >= 15 is 0 Å². The molecule has 0 bridgehead atoms. The molecule has 0 fully saturated rings. The smallest absolute Gasteiger partial charge is 0.266 e. The van der Waals surface area contributed by atoms with Crippen molar-refractivity contribution < 1.29 is 13.6 Å². The highest BCUT2D eigenvalue weighted by atomic mass is 35.5. The standard InChI is InChI=1S/C8H4ClF2N3O/c9-6-4(7(10)11)1-3(8(13)15)5(2-12)14-6/h1,7H,(H2,13,15). The summed E-state index contributed by atoms with van der Waals surface area (Å²) < 4.78 is 24.7. The number of amides is 1. The van der Waals surface area contributed by atoms with Crippen LogP contribution in [-0.4, -0.2) is 10.9 Å². The molecule has 1 aromatic rings. The molecule has 15 heavy (non-hydrogen) atoms. The fourth-order valence-electron chi connectivity index (χ4n) is 0.932. The average molecular weight is 232 g/mol. The highest BCUT2D eigenvalue weighted by molar-refractivity contribution is 6.30. The Labute approximate surface area is 88.3 Å². The molecule has 2 N–H and O–H groups in total. The second kappa shape index (κ2) is 4.19. The van der Waals surface area contributed by atoms with Crippen molar-refractivity contribution in [2.75, 3.05) is 0 Å². The van der Waals surface area contributed by atoms with Gasteiger partial charge in [0.1, 0.15) is 11.2 Å². The average Bonchev–Trinajstić information content (AvgIpc) is 2.16. The second-order valence-electron chi connectivity index (χ2n) is 2.54. The van der Waals surface area contributed by atoms with E-state index in [2.05, 4.69) is 4.98 Å². The van der Waals surface area contributed by atoms with Gasteiger partial charge < -0.3 is 5.73 Å². The van der Waals surface area contributed by atoms with Crippen molar-refractivity contribution in [3.63, 3.8) is 0 Å². The fraction of sp³-hybridized carbons (Fsp3) is 0.125. The molecule has 0 saturated heterocycles. The maximum atomic E-state index is 12.3. The Hall–Kier alpha value is -1.74. The normalized spacial score (nSPS) is 10.1. The zero-order chi connectivity index (χ0) is 11.6. The number of nitrogens with two attached hydrogens (primary N) is 1. The Bertz CT molecular complexity index is 456. The quantitative estimate of drug-likeness (QED) is 0.786. The molecule has 0 spiro atoms. The second-order valence-corrected chi connectivity index (χ2v) is 2.90. The van der Waals surface area contributed by atoms with Crippen LogP contribution in [0.5, 0.6) is 0 Å². The summed E-state index contributed by atoms with van der Waals surface area (Å²) in [5.41, 5.74) is 3.54. The van der Waals surface area contributed by atoms with Crippen molar-refractivity contribution in [1.82, 2.24) is 4.98 Å². The van der Waals surface area contributed by atoms with E-state index in [4.69, 9.17) is 22.6 Å². The van der Waals surface area contributed by atoms with Crippen LogP contribution in [0.25, 0.3) is 0 Å². The van der Waals surface area contributed by atoms with Crippen LogP contribution < -0.4 is 5.73 Å². The van der Waals surface area contributed by atoms with Crippen molar-refractivity contribution in [3.05, 3.63) is 28.0 Å². The number of halogens is 3. The third-order valence-electron chi connectivity index (χ3n) is 1.61. The predicted octanol–water partition coefficient (Wildman–Crippen LogP) is 1.64. The zero-order valence-electron chi connectivity index (χ0n) is 7.17. The van der Waals surface area contributed by atoms with Gasteiger partial charge in [0.05, 0.1) is 11.1 Å². The van der Waals surface area contributed by atoms with Crippen LogP contribution in [0.4, 0.5) is 8.78 Å². The molecule has 4 nitrogen and oxygen atoms in total. The first-order valence-electron chi connectivity index (χ1n) is 3.66. The minimum absolute atomic E-state index is 0.364. The number of alkyl halides is 2. The number of hydrogen-bond acceptors (Lipinski definition) is 3. The number of aromatic nitrogens is 1. The largest absolute Gasteiger partial charge is 0.366 e. The van der Waals surface area contributed by atoms with Crippen molar-refractivity contribution in [2.24, 2.45) is 5.73 Å². The third-order valence-corrected chi connectivity index (χ3v) is 1.91. The minimum atomic E-state index is -2.88. The Morgan fingerprint density at radius 2 is 2.27 bits per heavy atom. The number of pyridine rings is 1. The Balaban J connectivity index is 3.45. The van der Waals surface area contributed by atoms with E-state index in [0.29, 0.717) is 0 Å². The Morgan fingerprint density at radius 1 is 1.67 bits per heavy atom. The number of carbonyl (C=O) groups excluding carboxylic acids is 1. The molecule has 1 heterocycles. The summed E-state index contributed by atoms with van der Waals surface area (Å²) in [5.74, 6) is -1.00. The third kappa shape index (κ3) is 2.19. The lowest BCUT2D eigenvalue weighted by Crippen LogP contribution is -2.15. The van der Waals surface area contributed by atoms with Crippen LogP contribution in [0.3, 0.4) is 0 Å². The molecule has 1 amide bonds. The summed E-state index contributed by atoms with van der Waals surface area (Å²) in [6.07, 6.45) is -2.88. The van der Waals surface area contributed by atoms with E-state index in [1.54, 1.807) is 6.07 Å². The number of rotatable bonds is 2. The molecule has 1 aromatic heterocycles. The first-order chi connectivity index (χ1) is 6.97. The maximum absolute atomic E-state index is 12.3. The first kappa shape index (κ1) is 11.3. The van der Waals surface area contributed by atoms with Crippen molar-refractivity contribution in [2.45, 2.75) is 6.43 Å². The number of hydrogen-bond donors (Lipinski definition) is 1.